The Labute approximate surface area is 177 Å². The van der Waals surface area contributed by atoms with E-state index in [1.807, 2.05) is 36.4 Å². The molecule has 2 atom stereocenters. The van der Waals surface area contributed by atoms with E-state index >= 15 is 0 Å². The third kappa shape index (κ3) is 3.83. The van der Waals surface area contributed by atoms with E-state index in [-0.39, 0.29) is 23.8 Å². The normalized spacial score (nSPS) is 20.5. The van der Waals surface area contributed by atoms with Gasteiger partial charge in [0.25, 0.3) is 0 Å². The van der Waals surface area contributed by atoms with Gasteiger partial charge in [-0.3, -0.25) is 4.90 Å². The molecule has 1 heterocycles. The van der Waals surface area contributed by atoms with Gasteiger partial charge in [-0.25, -0.2) is 4.79 Å². The molecule has 2 amide bonds. The summed E-state index contributed by atoms with van der Waals surface area (Å²) >= 11 is 0. The molecular weight excluding hydrogens is 407 g/mol. The lowest BCUT2D eigenvalue weighted by Crippen LogP contribution is -2.38. The zero-order valence-corrected chi connectivity index (χ0v) is 16.8. The summed E-state index contributed by atoms with van der Waals surface area (Å²) < 4.78 is 45.6. The van der Waals surface area contributed by atoms with Crippen LogP contribution in [0.3, 0.4) is 0 Å². The number of hydrogen-bond donors (Lipinski definition) is 0. The fourth-order valence-electron chi connectivity index (χ4n) is 4.25. The number of carbonyl (C=O) groups is 1. The Morgan fingerprint density at radius 3 is 2.39 bits per heavy atom. The van der Waals surface area contributed by atoms with Crippen molar-refractivity contribution in [1.29, 1.82) is 5.26 Å². The average molecular weight is 427 g/mol. The van der Waals surface area contributed by atoms with Crippen LogP contribution in [-0.4, -0.2) is 30.1 Å². The van der Waals surface area contributed by atoms with Crippen LogP contribution >= 0.6 is 0 Å². The molecule has 0 aromatic heterocycles. The Hall–Kier alpha value is -3.47. The van der Waals surface area contributed by atoms with Crippen LogP contribution in [0.5, 0.6) is 5.75 Å². The highest BCUT2D eigenvalue weighted by Gasteiger charge is 2.46. The van der Waals surface area contributed by atoms with Crippen LogP contribution < -0.4 is 9.64 Å². The van der Waals surface area contributed by atoms with E-state index in [9.17, 15) is 18.0 Å². The Balaban J connectivity index is 1.69. The van der Waals surface area contributed by atoms with Gasteiger partial charge in [0.05, 0.1) is 36.4 Å². The summed E-state index contributed by atoms with van der Waals surface area (Å²) in [5.41, 5.74) is -0.436. The number of carbonyl (C=O) groups excluding carboxylic acids is 1. The average Bonchev–Trinajstić information content (AvgIpc) is 3.04. The van der Waals surface area contributed by atoms with Crippen molar-refractivity contribution in [2.75, 3.05) is 12.0 Å². The Bertz CT molecular complexity index is 1060. The third-order valence-electron chi connectivity index (χ3n) is 5.77. The van der Waals surface area contributed by atoms with Gasteiger partial charge in [0.2, 0.25) is 0 Å². The van der Waals surface area contributed by atoms with Crippen LogP contribution in [0.15, 0.2) is 54.6 Å². The SMILES string of the molecule is COc1ccc(CN2C(=O)N(c3ccc(C#N)c(C(F)(F)F)c3)[C@H]3CC=CC[C@@H]32)cc1. The Morgan fingerprint density at radius 1 is 1.10 bits per heavy atom. The van der Waals surface area contributed by atoms with Gasteiger partial charge in [-0.05, 0) is 48.7 Å². The summed E-state index contributed by atoms with van der Waals surface area (Å²) in [5.74, 6) is 0.703. The molecule has 2 aromatic carbocycles. The first-order chi connectivity index (χ1) is 14.8. The van der Waals surface area contributed by atoms with Crippen molar-refractivity contribution in [2.24, 2.45) is 0 Å². The van der Waals surface area contributed by atoms with E-state index < -0.39 is 17.3 Å². The van der Waals surface area contributed by atoms with Gasteiger partial charge in [-0.15, -0.1) is 0 Å². The van der Waals surface area contributed by atoms with Gasteiger partial charge < -0.3 is 9.64 Å². The molecule has 1 saturated heterocycles. The van der Waals surface area contributed by atoms with E-state index in [2.05, 4.69) is 0 Å². The van der Waals surface area contributed by atoms with Crippen LogP contribution in [0.4, 0.5) is 23.7 Å². The molecule has 8 heteroatoms. The molecule has 4 rings (SSSR count). The number of rotatable bonds is 4. The molecule has 5 nitrogen and oxygen atoms in total. The van der Waals surface area contributed by atoms with Gasteiger partial charge in [0.1, 0.15) is 5.75 Å². The predicted molar refractivity (Wildman–Crippen MR) is 109 cm³/mol. The van der Waals surface area contributed by atoms with Gasteiger partial charge in [-0.1, -0.05) is 24.3 Å². The molecule has 0 saturated carbocycles. The number of nitrogens with zero attached hydrogens (tertiary/aromatic N) is 3. The maximum Gasteiger partial charge on any atom is 0.417 e. The molecule has 0 spiro atoms. The molecule has 31 heavy (non-hydrogen) atoms. The predicted octanol–water partition coefficient (Wildman–Crippen LogP) is 5.12. The molecule has 1 aliphatic heterocycles. The quantitative estimate of drug-likeness (QED) is 0.637. The highest BCUT2D eigenvalue weighted by atomic mass is 19.4. The number of hydrogen-bond acceptors (Lipinski definition) is 3. The van der Waals surface area contributed by atoms with E-state index in [0.29, 0.717) is 25.1 Å². The van der Waals surface area contributed by atoms with Crippen molar-refractivity contribution in [3.63, 3.8) is 0 Å². The highest BCUT2D eigenvalue weighted by molar-refractivity contribution is 5.96. The fraction of sp³-hybridized carbons (Fsp3) is 0.304. The number of nitriles is 1. The molecule has 2 aromatic rings. The van der Waals surface area contributed by atoms with Crippen molar-refractivity contribution in [2.45, 2.75) is 37.6 Å². The van der Waals surface area contributed by atoms with Crippen LogP contribution in [0.25, 0.3) is 0 Å². The maximum atomic E-state index is 13.5. The van der Waals surface area contributed by atoms with Gasteiger partial charge in [0.15, 0.2) is 0 Å². The van der Waals surface area contributed by atoms with Gasteiger partial charge in [0, 0.05) is 12.2 Å². The topological polar surface area (TPSA) is 56.6 Å². The third-order valence-corrected chi connectivity index (χ3v) is 5.77. The minimum absolute atomic E-state index is 0.149. The largest absolute Gasteiger partial charge is 0.497 e. The maximum absolute atomic E-state index is 13.5. The number of methoxy groups -OCH3 is 1. The van der Waals surface area contributed by atoms with Gasteiger partial charge >= 0.3 is 12.2 Å². The van der Waals surface area contributed by atoms with E-state index in [4.69, 9.17) is 10.00 Å². The monoisotopic (exact) mass is 427 g/mol. The van der Waals surface area contributed by atoms with Crippen LogP contribution in [0.2, 0.25) is 0 Å². The van der Waals surface area contributed by atoms with Gasteiger partial charge in [-0.2, -0.15) is 18.4 Å². The molecule has 160 valence electrons. The van der Waals surface area contributed by atoms with Crippen molar-refractivity contribution >= 4 is 11.7 Å². The van der Waals surface area contributed by atoms with Crippen molar-refractivity contribution < 1.29 is 22.7 Å². The molecule has 0 N–H and O–H groups in total. The molecular formula is C23H20F3N3O2. The highest BCUT2D eigenvalue weighted by Crippen LogP contribution is 2.39. The van der Waals surface area contributed by atoms with Crippen LogP contribution in [-0.2, 0) is 12.7 Å². The second-order valence-corrected chi connectivity index (χ2v) is 7.55. The number of fused-ring (bicyclic) bond motifs is 1. The fourth-order valence-corrected chi connectivity index (χ4v) is 4.25. The first-order valence-corrected chi connectivity index (χ1v) is 9.82. The summed E-state index contributed by atoms with van der Waals surface area (Å²) in [4.78, 5) is 16.5. The Kier molecular flexibility index (Phi) is 5.36. The van der Waals surface area contributed by atoms with E-state index in [1.165, 1.54) is 11.0 Å². The molecule has 0 radical (unpaired) electrons. The molecule has 1 aliphatic carbocycles. The van der Waals surface area contributed by atoms with E-state index in [0.717, 1.165) is 17.7 Å². The number of benzene rings is 2. The second kappa shape index (κ2) is 7.99. The van der Waals surface area contributed by atoms with Crippen LogP contribution in [0, 0.1) is 11.3 Å². The molecule has 2 aliphatic rings. The van der Waals surface area contributed by atoms with E-state index in [1.54, 1.807) is 18.1 Å². The van der Waals surface area contributed by atoms with Crippen molar-refractivity contribution in [3.05, 3.63) is 71.3 Å². The minimum atomic E-state index is -4.68. The summed E-state index contributed by atoms with van der Waals surface area (Å²) in [6.45, 7) is 0.344. The van der Waals surface area contributed by atoms with Crippen molar-refractivity contribution in [1.82, 2.24) is 4.90 Å². The lowest BCUT2D eigenvalue weighted by molar-refractivity contribution is -0.137. The number of anilines is 1. The number of amides is 2. The molecule has 0 bridgehead atoms. The zero-order chi connectivity index (χ0) is 22.2. The Morgan fingerprint density at radius 2 is 1.77 bits per heavy atom. The van der Waals surface area contributed by atoms with Crippen molar-refractivity contribution in [3.8, 4) is 11.8 Å². The number of ether oxygens (including phenoxy) is 1. The summed E-state index contributed by atoms with van der Waals surface area (Å²) in [7, 11) is 1.57. The standard InChI is InChI=1S/C23H20F3N3O2/c1-31-18-10-6-15(7-11-18)14-28-20-4-2-3-5-21(20)29(22(28)30)17-9-8-16(13-27)19(12-17)23(24,25)26/h2-3,6-12,20-21H,4-5,14H2,1H3/t20-,21-/m0/s1. The minimum Gasteiger partial charge on any atom is -0.497 e. The lowest BCUT2D eigenvalue weighted by Gasteiger charge is -2.29. The summed E-state index contributed by atoms with van der Waals surface area (Å²) in [6, 6.07) is 11.6. The lowest BCUT2D eigenvalue weighted by atomic mass is 9.95. The van der Waals surface area contributed by atoms with Crippen LogP contribution in [0.1, 0.15) is 29.5 Å². The second-order valence-electron chi connectivity index (χ2n) is 7.55. The first-order valence-electron chi connectivity index (χ1n) is 9.82. The molecule has 1 fully saturated rings. The summed E-state index contributed by atoms with van der Waals surface area (Å²) in [5, 5.41) is 9.06. The summed E-state index contributed by atoms with van der Waals surface area (Å²) in [6.07, 6.45) is 0.451. The zero-order valence-electron chi connectivity index (χ0n) is 16.8. The number of halogens is 3. The number of alkyl halides is 3. The smallest absolute Gasteiger partial charge is 0.417 e. The first kappa shape index (κ1) is 20.8. The molecule has 0 unspecified atom stereocenters. The number of urea groups is 1.